The highest BCUT2D eigenvalue weighted by atomic mass is 16.2. The number of likely N-dealkylation sites (N-methyl/N-ethyl adjacent to an activating group) is 2. The van der Waals surface area contributed by atoms with Gasteiger partial charge in [0.05, 0.1) is 12.1 Å². The van der Waals surface area contributed by atoms with Gasteiger partial charge in [-0.3, -0.25) is 19.3 Å². The lowest BCUT2D eigenvalue weighted by atomic mass is 9.92. The summed E-state index contributed by atoms with van der Waals surface area (Å²) in [5.74, 6) is -0.153. The predicted octanol–water partition coefficient (Wildman–Crippen LogP) is 3.35. The van der Waals surface area contributed by atoms with Gasteiger partial charge in [-0.2, -0.15) is 0 Å². The monoisotopic (exact) mass is 464 g/mol. The van der Waals surface area contributed by atoms with Crippen LogP contribution < -0.4 is 10.6 Å². The Balaban J connectivity index is 3.11. The molecule has 1 rings (SSSR count). The summed E-state index contributed by atoms with van der Waals surface area (Å²) in [4.78, 5) is 43.1. The zero-order chi connectivity index (χ0) is 25.3. The highest BCUT2D eigenvalue weighted by Crippen LogP contribution is 2.21. The largest absolute Gasteiger partial charge is 0.350 e. The van der Waals surface area contributed by atoms with E-state index in [0.717, 1.165) is 38.6 Å². The number of piperidine rings is 1. The first-order valence-electron chi connectivity index (χ1n) is 12.7. The van der Waals surface area contributed by atoms with Crippen molar-refractivity contribution in [3.05, 3.63) is 11.6 Å². The van der Waals surface area contributed by atoms with Crippen molar-refractivity contribution in [3.8, 4) is 0 Å². The first-order chi connectivity index (χ1) is 15.4. The summed E-state index contributed by atoms with van der Waals surface area (Å²) in [5.41, 5.74) is 0.591. The lowest BCUT2D eigenvalue weighted by Crippen LogP contribution is -2.57. The zero-order valence-electron chi connectivity index (χ0n) is 22.4. The van der Waals surface area contributed by atoms with Gasteiger partial charge in [-0.05, 0) is 65.5 Å². The van der Waals surface area contributed by atoms with Gasteiger partial charge in [0.15, 0.2) is 0 Å². The number of rotatable bonds is 11. The molecular formula is C26H48N4O3. The summed E-state index contributed by atoms with van der Waals surface area (Å²) in [7, 11) is 3.76. The smallest absolute Gasteiger partial charge is 0.246 e. The Morgan fingerprint density at radius 2 is 1.73 bits per heavy atom. The van der Waals surface area contributed by atoms with Crippen LogP contribution in [0.25, 0.3) is 0 Å². The molecular weight excluding hydrogens is 416 g/mol. The van der Waals surface area contributed by atoms with Crippen molar-refractivity contribution in [1.82, 2.24) is 20.4 Å². The van der Waals surface area contributed by atoms with Gasteiger partial charge in [0.1, 0.15) is 6.04 Å². The average Bonchev–Trinajstić information content (AvgIpc) is 2.74. The van der Waals surface area contributed by atoms with E-state index >= 15 is 0 Å². The third-order valence-corrected chi connectivity index (χ3v) is 6.63. The molecule has 1 aliphatic heterocycles. The molecule has 4 unspecified atom stereocenters. The Kier molecular flexibility index (Phi) is 12.1. The Hall–Kier alpha value is -1.89. The number of nitrogens with zero attached hydrogens (tertiary/aromatic N) is 2. The molecule has 190 valence electrons. The number of hydrogen-bond acceptors (Lipinski definition) is 4. The topological polar surface area (TPSA) is 81.8 Å². The number of carbonyl (C=O) groups is 3. The van der Waals surface area contributed by atoms with Gasteiger partial charge in [-0.25, -0.2) is 0 Å². The van der Waals surface area contributed by atoms with Crippen molar-refractivity contribution in [2.24, 2.45) is 11.8 Å². The number of carbonyl (C=O) groups excluding carboxylic acids is 3. The third kappa shape index (κ3) is 8.76. The second kappa shape index (κ2) is 13.7. The van der Waals surface area contributed by atoms with Gasteiger partial charge in [-0.15, -0.1) is 0 Å². The summed E-state index contributed by atoms with van der Waals surface area (Å²) in [6.45, 7) is 14.7. The molecule has 0 bridgehead atoms. The van der Waals surface area contributed by atoms with E-state index in [9.17, 15) is 14.4 Å². The molecule has 0 aromatic rings. The molecule has 33 heavy (non-hydrogen) atoms. The predicted molar refractivity (Wildman–Crippen MR) is 135 cm³/mol. The minimum atomic E-state index is -0.586. The van der Waals surface area contributed by atoms with Crippen molar-refractivity contribution < 1.29 is 14.4 Å². The maximum Gasteiger partial charge on any atom is 0.246 e. The highest BCUT2D eigenvalue weighted by molar-refractivity contribution is 5.93. The van der Waals surface area contributed by atoms with Crippen LogP contribution in [-0.2, 0) is 14.4 Å². The first kappa shape index (κ1) is 29.1. The second-order valence-electron chi connectivity index (χ2n) is 10.4. The molecule has 2 N–H and O–H groups in total. The number of hydrogen-bond donors (Lipinski definition) is 2. The summed E-state index contributed by atoms with van der Waals surface area (Å²) >= 11 is 0. The van der Waals surface area contributed by atoms with Crippen molar-refractivity contribution in [1.29, 1.82) is 0 Å². The molecule has 0 spiro atoms. The lowest BCUT2D eigenvalue weighted by Gasteiger charge is -2.37. The molecule has 3 amide bonds. The van der Waals surface area contributed by atoms with Crippen LogP contribution in [0.2, 0.25) is 0 Å². The molecule has 1 fully saturated rings. The minimum Gasteiger partial charge on any atom is -0.350 e. The van der Waals surface area contributed by atoms with Crippen LogP contribution in [0.15, 0.2) is 11.6 Å². The number of likely N-dealkylation sites (tertiary alicyclic amines) is 1. The standard InChI is InChI=1S/C26H48N4O3/c1-10-13-19(6)23(28-25(32)21-14-11-12-15-29(21)8)26(33)30(9)22(17(2)3)16-20(7)24(31)27-18(4)5/h16-19,21-23H,10-15H2,1-9H3,(H,27,31)(H,28,32)/b20-16+. The third-order valence-electron chi connectivity index (χ3n) is 6.63. The van der Waals surface area contributed by atoms with E-state index in [1.165, 1.54) is 0 Å². The van der Waals surface area contributed by atoms with Crippen LogP contribution in [-0.4, -0.2) is 72.3 Å². The van der Waals surface area contributed by atoms with Gasteiger partial charge in [0.25, 0.3) is 0 Å². The van der Waals surface area contributed by atoms with E-state index in [0.29, 0.717) is 5.57 Å². The SMILES string of the molecule is CCCC(C)C(NC(=O)C1CCCCN1C)C(=O)N(C)C(/C=C(\C)C(=O)NC(C)C)C(C)C. The van der Waals surface area contributed by atoms with Crippen molar-refractivity contribution in [2.75, 3.05) is 20.6 Å². The molecule has 7 heteroatoms. The molecule has 0 saturated carbocycles. The molecule has 1 aliphatic rings. The number of amides is 3. The first-order valence-corrected chi connectivity index (χ1v) is 12.7. The van der Waals surface area contributed by atoms with Gasteiger partial charge in [0, 0.05) is 18.7 Å². The zero-order valence-corrected chi connectivity index (χ0v) is 22.4. The number of nitrogens with one attached hydrogen (secondary N) is 2. The van der Waals surface area contributed by atoms with Crippen LogP contribution in [0.4, 0.5) is 0 Å². The van der Waals surface area contributed by atoms with Crippen LogP contribution in [0.1, 0.15) is 80.6 Å². The lowest BCUT2D eigenvalue weighted by molar-refractivity contribution is -0.140. The Morgan fingerprint density at radius 1 is 1.09 bits per heavy atom. The molecule has 0 aromatic carbocycles. The molecule has 1 saturated heterocycles. The normalized spacial score (nSPS) is 20.3. The van der Waals surface area contributed by atoms with Crippen molar-refractivity contribution in [2.45, 2.75) is 105 Å². The summed E-state index contributed by atoms with van der Waals surface area (Å²) in [6, 6.07) is -0.973. The van der Waals surface area contributed by atoms with Crippen LogP contribution in [0, 0.1) is 11.8 Å². The van der Waals surface area contributed by atoms with Gasteiger partial charge >= 0.3 is 0 Å². The Bertz CT molecular complexity index is 689. The molecule has 4 atom stereocenters. The van der Waals surface area contributed by atoms with Gasteiger partial charge in [0.2, 0.25) is 17.7 Å². The van der Waals surface area contributed by atoms with Gasteiger partial charge < -0.3 is 15.5 Å². The maximum atomic E-state index is 13.7. The minimum absolute atomic E-state index is 0.0184. The Labute approximate surface area is 201 Å². The molecule has 0 aromatic heterocycles. The maximum absolute atomic E-state index is 13.7. The van der Waals surface area contributed by atoms with Crippen molar-refractivity contribution in [3.63, 3.8) is 0 Å². The molecule has 0 aliphatic carbocycles. The fraction of sp³-hybridized carbons (Fsp3) is 0.808. The van der Waals surface area contributed by atoms with Gasteiger partial charge in [-0.1, -0.05) is 46.6 Å². The van der Waals surface area contributed by atoms with E-state index in [1.54, 1.807) is 18.9 Å². The van der Waals surface area contributed by atoms with Crippen LogP contribution in [0.5, 0.6) is 0 Å². The fourth-order valence-corrected chi connectivity index (χ4v) is 4.55. The molecule has 1 heterocycles. The van der Waals surface area contributed by atoms with Crippen LogP contribution in [0.3, 0.4) is 0 Å². The second-order valence-corrected chi connectivity index (χ2v) is 10.4. The van der Waals surface area contributed by atoms with Crippen LogP contribution >= 0.6 is 0 Å². The summed E-state index contributed by atoms with van der Waals surface area (Å²) < 4.78 is 0. The highest BCUT2D eigenvalue weighted by Gasteiger charge is 2.35. The molecule has 7 nitrogen and oxygen atoms in total. The van der Waals surface area contributed by atoms with Crippen molar-refractivity contribution >= 4 is 17.7 Å². The quantitative estimate of drug-likeness (QED) is 0.460. The summed E-state index contributed by atoms with van der Waals surface area (Å²) in [6.07, 6.45) is 6.62. The van der Waals surface area contributed by atoms with E-state index in [4.69, 9.17) is 0 Å². The van der Waals surface area contributed by atoms with E-state index < -0.39 is 6.04 Å². The summed E-state index contributed by atoms with van der Waals surface area (Å²) in [5, 5.41) is 6.01. The van der Waals surface area contributed by atoms with E-state index in [1.807, 2.05) is 47.7 Å². The van der Waals surface area contributed by atoms with E-state index in [-0.39, 0.29) is 47.7 Å². The fourth-order valence-electron chi connectivity index (χ4n) is 4.55. The molecule has 0 radical (unpaired) electrons. The average molecular weight is 465 g/mol. The Morgan fingerprint density at radius 3 is 2.24 bits per heavy atom. The van der Waals surface area contributed by atoms with E-state index in [2.05, 4.69) is 22.5 Å².